The molecule has 0 atom stereocenters. The first-order valence-electron chi connectivity index (χ1n) is 3.78. The predicted molar refractivity (Wildman–Crippen MR) is 50.0 cm³/mol. The number of aromatic nitrogens is 4. The Kier molecular flexibility index (Phi) is 2.24. The van der Waals surface area contributed by atoms with Gasteiger partial charge in [0.2, 0.25) is 0 Å². The van der Waals surface area contributed by atoms with Gasteiger partial charge < -0.3 is 4.98 Å². The van der Waals surface area contributed by atoms with Gasteiger partial charge in [-0.1, -0.05) is 11.6 Å². The Morgan fingerprint density at radius 1 is 1.43 bits per heavy atom. The third-order valence-electron chi connectivity index (χ3n) is 1.61. The fraction of sp³-hybridized carbons (Fsp3) is 0. The molecule has 0 saturated carbocycles. The third kappa shape index (κ3) is 1.49. The first-order valence-corrected chi connectivity index (χ1v) is 4.16. The van der Waals surface area contributed by atoms with Crippen LogP contribution in [0.5, 0.6) is 0 Å². The van der Waals surface area contributed by atoms with E-state index < -0.39 is 0 Å². The molecule has 1 N–H and O–H groups in total. The Balaban J connectivity index is 2.48. The highest BCUT2D eigenvalue weighted by atomic mass is 35.5. The van der Waals surface area contributed by atoms with E-state index in [1.54, 1.807) is 12.4 Å². The van der Waals surface area contributed by atoms with E-state index in [0.29, 0.717) is 17.9 Å². The molecule has 0 saturated heterocycles. The van der Waals surface area contributed by atoms with Gasteiger partial charge in [0.25, 0.3) is 0 Å². The number of rotatable bonds is 2. The van der Waals surface area contributed by atoms with Crippen molar-refractivity contribution in [1.29, 1.82) is 0 Å². The van der Waals surface area contributed by atoms with Gasteiger partial charge >= 0.3 is 0 Å². The zero-order chi connectivity index (χ0) is 9.97. The molecule has 0 bridgehead atoms. The summed E-state index contributed by atoms with van der Waals surface area (Å²) < 4.78 is 0. The van der Waals surface area contributed by atoms with Gasteiger partial charge in [-0.05, 0) is 0 Å². The summed E-state index contributed by atoms with van der Waals surface area (Å²) in [5, 5.41) is 0.126. The highest BCUT2D eigenvalue weighted by Gasteiger charge is 2.07. The first kappa shape index (κ1) is 8.83. The molecule has 0 aliphatic rings. The topological polar surface area (TPSA) is 71.5 Å². The van der Waals surface area contributed by atoms with Crippen molar-refractivity contribution in [1.82, 2.24) is 19.9 Å². The SMILES string of the molecule is O=Cc1cnc(-c2ncc[nH]2)nc1Cl. The van der Waals surface area contributed by atoms with Crippen LogP contribution in [0.2, 0.25) is 5.15 Å². The number of halogens is 1. The number of nitrogens with zero attached hydrogens (tertiary/aromatic N) is 3. The fourth-order valence-electron chi connectivity index (χ4n) is 0.951. The van der Waals surface area contributed by atoms with Crippen molar-refractivity contribution in [3.63, 3.8) is 0 Å². The molecule has 0 spiro atoms. The second kappa shape index (κ2) is 3.55. The molecule has 14 heavy (non-hydrogen) atoms. The zero-order valence-electron chi connectivity index (χ0n) is 6.94. The minimum atomic E-state index is 0.126. The lowest BCUT2D eigenvalue weighted by Gasteiger charge is -1.97. The standard InChI is InChI=1S/C8H5ClN4O/c9-6-5(4-14)3-12-8(13-6)7-10-1-2-11-7/h1-4H,(H,10,11). The molecule has 0 amide bonds. The van der Waals surface area contributed by atoms with E-state index in [2.05, 4.69) is 19.9 Å². The van der Waals surface area contributed by atoms with Crippen LogP contribution in [0.4, 0.5) is 0 Å². The minimum Gasteiger partial charge on any atom is -0.342 e. The van der Waals surface area contributed by atoms with Gasteiger partial charge in [0.05, 0.1) is 5.56 Å². The number of aldehydes is 1. The van der Waals surface area contributed by atoms with Crippen molar-refractivity contribution < 1.29 is 4.79 Å². The zero-order valence-corrected chi connectivity index (χ0v) is 7.69. The van der Waals surface area contributed by atoms with Crippen LogP contribution in [0.25, 0.3) is 11.6 Å². The molecule has 0 unspecified atom stereocenters. The van der Waals surface area contributed by atoms with Crippen molar-refractivity contribution in [2.45, 2.75) is 0 Å². The van der Waals surface area contributed by atoms with Crippen molar-refractivity contribution >= 4 is 17.9 Å². The van der Waals surface area contributed by atoms with E-state index in [1.807, 2.05) is 0 Å². The van der Waals surface area contributed by atoms with Crippen LogP contribution in [0.15, 0.2) is 18.6 Å². The molecule has 2 aromatic heterocycles. The molecule has 0 aliphatic heterocycles. The van der Waals surface area contributed by atoms with E-state index in [1.165, 1.54) is 6.20 Å². The summed E-state index contributed by atoms with van der Waals surface area (Å²) in [5.41, 5.74) is 0.266. The molecule has 2 rings (SSSR count). The fourth-order valence-corrected chi connectivity index (χ4v) is 1.12. The number of imidazole rings is 1. The molecule has 0 aliphatic carbocycles. The molecule has 2 heterocycles. The van der Waals surface area contributed by atoms with Crippen LogP contribution in [-0.4, -0.2) is 26.2 Å². The Labute approximate surface area is 84.2 Å². The summed E-state index contributed by atoms with van der Waals surface area (Å²) in [6.07, 6.45) is 5.20. The van der Waals surface area contributed by atoms with Gasteiger partial charge in [-0.15, -0.1) is 0 Å². The normalized spacial score (nSPS) is 10.1. The van der Waals surface area contributed by atoms with Crippen LogP contribution < -0.4 is 0 Å². The van der Waals surface area contributed by atoms with Gasteiger partial charge in [0, 0.05) is 18.6 Å². The lowest BCUT2D eigenvalue weighted by Crippen LogP contribution is -1.94. The molecular weight excluding hydrogens is 204 g/mol. The smallest absolute Gasteiger partial charge is 0.197 e. The highest BCUT2D eigenvalue weighted by molar-refractivity contribution is 6.31. The number of hydrogen-bond acceptors (Lipinski definition) is 4. The van der Waals surface area contributed by atoms with Crippen molar-refractivity contribution in [3.8, 4) is 11.6 Å². The molecule has 6 heteroatoms. The molecule has 0 radical (unpaired) electrons. The van der Waals surface area contributed by atoms with E-state index in [0.717, 1.165) is 0 Å². The van der Waals surface area contributed by atoms with Crippen molar-refractivity contribution in [2.24, 2.45) is 0 Å². The van der Waals surface area contributed by atoms with Crippen LogP contribution >= 0.6 is 11.6 Å². The van der Waals surface area contributed by atoms with E-state index in [4.69, 9.17) is 11.6 Å². The molecule has 2 aromatic rings. The lowest BCUT2D eigenvalue weighted by molar-refractivity contribution is 0.112. The second-order valence-corrected chi connectivity index (χ2v) is 2.85. The van der Waals surface area contributed by atoms with E-state index >= 15 is 0 Å². The van der Waals surface area contributed by atoms with Crippen LogP contribution in [0, 0.1) is 0 Å². The molecule has 0 fully saturated rings. The number of nitrogens with one attached hydrogen (secondary N) is 1. The van der Waals surface area contributed by atoms with Crippen LogP contribution in [0.3, 0.4) is 0 Å². The maximum Gasteiger partial charge on any atom is 0.197 e. The maximum absolute atomic E-state index is 10.4. The Morgan fingerprint density at radius 3 is 2.86 bits per heavy atom. The summed E-state index contributed by atoms with van der Waals surface area (Å²) in [4.78, 5) is 25.1. The number of aromatic amines is 1. The third-order valence-corrected chi connectivity index (χ3v) is 1.91. The Bertz CT molecular complexity index is 454. The number of hydrogen-bond donors (Lipinski definition) is 1. The van der Waals surface area contributed by atoms with Crippen molar-refractivity contribution in [2.75, 3.05) is 0 Å². The molecular formula is C8H5ClN4O. The number of H-pyrrole nitrogens is 1. The maximum atomic E-state index is 10.4. The average molecular weight is 209 g/mol. The van der Waals surface area contributed by atoms with Gasteiger partial charge in [0.15, 0.2) is 17.9 Å². The summed E-state index contributed by atoms with van der Waals surface area (Å²) >= 11 is 5.72. The summed E-state index contributed by atoms with van der Waals surface area (Å²) in [6, 6.07) is 0. The quantitative estimate of drug-likeness (QED) is 0.597. The van der Waals surface area contributed by atoms with Crippen molar-refractivity contribution in [3.05, 3.63) is 29.3 Å². The van der Waals surface area contributed by atoms with E-state index in [9.17, 15) is 4.79 Å². The van der Waals surface area contributed by atoms with E-state index in [-0.39, 0.29) is 10.7 Å². The monoisotopic (exact) mass is 208 g/mol. The minimum absolute atomic E-state index is 0.126. The first-order chi connectivity index (χ1) is 6.81. The van der Waals surface area contributed by atoms with Gasteiger partial charge in [-0.3, -0.25) is 4.79 Å². The lowest BCUT2D eigenvalue weighted by atomic mass is 10.4. The van der Waals surface area contributed by atoms with Gasteiger partial charge in [-0.25, -0.2) is 15.0 Å². The Morgan fingerprint density at radius 2 is 2.29 bits per heavy atom. The average Bonchev–Trinajstić information content (AvgIpc) is 2.70. The highest BCUT2D eigenvalue weighted by Crippen LogP contribution is 2.14. The number of carbonyl (C=O) groups is 1. The second-order valence-electron chi connectivity index (χ2n) is 2.50. The number of carbonyl (C=O) groups excluding carboxylic acids is 1. The molecule has 0 aromatic carbocycles. The van der Waals surface area contributed by atoms with Gasteiger partial charge in [0.1, 0.15) is 5.15 Å². The predicted octanol–water partition coefficient (Wildman–Crippen LogP) is 1.33. The summed E-state index contributed by atoms with van der Waals surface area (Å²) in [6.45, 7) is 0. The summed E-state index contributed by atoms with van der Waals surface area (Å²) in [5.74, 6) is 0.884. The van der Waals surface area contributed by atoms with Gasteiger partial charge in [-0.2, -0.15) is 0 Å². The van der Waals surface area contributed by atoms with Crippen LogP contribution in [-0.2, 0) is 0 Å². The summed E-state index contributed by atoms with van der Waals surface area (Å²) in [7, 11) is 0. The largest absolute Gasteiger partial charge is 0.342 e. The molecule has 70 valence electrons. The Hall–Kier alpha value is -1.75. The van der Waals surface area contributed by atoms with Crippen LogP contribution in [0.1, 0.15) is 10.4 Å². The molecule has 5 nitrogen and oxygen atoms in total.